The highest BCUT2D eigenvalue weighted by atomic mass is 35.5. The first-order valence-electron chi connectivity index (χ1n) is 6.81. The summed E-state index contributed by atoms with van der Waals surface area (Å²) in [5.74, 6) is 0.848. The van der Waals surface area contributed by atoms with E-state index in [0.717, 1.165) is 11.3 Å². The molecule has 120 valence electrons. The van der Waals surface area contributed by atoms with Crippen LogP contribution in [0.1, 0.15) is 17.3 Å². The average Bonchev–Trinajstić information content (AvgIpc) is 3.01. The highest BCUT2D eigenvalue weighted by Crippen LogP contribution is 2.23. The zero-order valence-corrected chi connectivity index (χ0v) is 13.4. The van der Waals surface area contributed by atoms with Gasteiger partial charge >= 0.3 is 0 Å². The zero-order chi connectivity index (χ0) is 15.2. The number of nitrogens with two attached hydrogens (primary N) is 1. The molecule has 0 aliphatic carbocycles. The Morgan fingerprint density at radius 2 is 2.09 bits per heavy atom. The lowest BCUT2D eigenvalue weighted by Crippen LogP contribution is -2.31. The van der Waals surface area contributed by atoms with Crippen LogP contribution in [0.5, 0.6) is 5.75 Å². The Morgan fingerprint density at radius 3 is 2.68 bits per heavy atom. The van der Waals surface area contributed by atoms with Gasteiger partial charge in [-0.1, -0.05) is 6.92 Å². The van der Waals surface area contributed by atoms with Crippen molar-refractivity contribution >= 4 is 18.3 Å². The number of aromatic amines is 1. The van der Waals surface area contributed by atoms with Crippen LogP contribution in [0.2, 0.25) is 0 Å². The number of nitrogens with zero attached hydrogens (tertiary/aromatic N) is 1. The molecule has 1 aromatic heterocycles. The Labute approximate surface area is 135 Å². The molecule has 0 saturated heterocycles. The third-order valence-corrected chi connectivity index (χ3v) is 3.28. The molecule has 1 aromatic carbocycles. The van der Waals surface area contributed by atoms with Crippen molar-refractivity contribution in [2.24, 2.45) is 11.7 Å². The molecule has 0 fully saturated rings. The molecule has 0 aliphatic rings. The quantitative estimate of drug-likeness (QED) is 0.755. The number of ether oxygens (including phenoxy) is 1. The van der Waals surface area contributed by atoms with Crippen LogP contribution in [0.3, 0.4) is 0 Å². The molecule has 1 heterocycles. The third kappa shape index (κ3) is 4.22. The first kappa shape index (κ1) is 18.0. The van der Waals surface area contributed by atoms with Crippen LogP contribution in [-0.4, -0.2) is 36.3 Å². The molecular weight excluding hydrogens is 304 g/mol. The van der Waals surface area contributed by atoms with Crippen molar-refractivity contribution in [3.05, 3.63) is 36.0 Å². The molecule has 0 aliphatic heterocycles. The van der Waals surface area contributed by atoms with E-state index in [1.54, 1.807) is 7.11 Å². The minimum atomic E-state index is -0.158. The van der Waals surface area contributed by atoms with Crippen LogP contribution in [0.15, 0.2) is 30.5 Å². The van der Waals surface area contributed by atoms with Gasteiger partial charge in [-0.05, 0) is 36.7 Å². The van der Waals surface area contributed by atoms with Gasteiger partial charge in [0, 0.05) is 12.1 Å². The largest absolute Gasteiger partial charge is 0.497 e. The van der Waals surface area contributed by atoms with E-state index in [0.29, 0.717) is 24.3 Å². The molecule has 1 amide bonds. The lowest BCUT2D eigenvalue weighted by molar-refractivity contribution is 0.0949. The summed E-state index contributed by atoms with van der Waals surface area (Å²) in [5, 5.41) is 9.70. The standard InChI is InChI=1S/C15H20N4O2.ClH/c1-10(7-16)8-17-15(20)13-9-18-19-14(13)11-3-5-12(21-2)6-4-11;/h3-6,9-10H,7-8,16H2,1-2H3,(H,17,20)(H,18,19);1H. The van der Waals surface area contributed by atoms with Gasteiger partial charge < -0.3 is 15.8 Å². The first-order valence-corrected chi connectivity index (χ1v) is 6.81. The molecule has 2 aromatic rings. The minimum absolute atomic E-state index is 0. The van der Waals surface area contributed by atoms with Gasteiger partial charge in [0.15, 0.2) is 0 Å². The molecule has 22 heavy (non-hydrogen) atoms. The molecule has 0 spiro atoms. The number of rotatable bonds is 6. The second-order valence-corrected chi connectivity index (χ2v) is 4.94. The fourth-order valence-corrected chi connectivity index (χ4v) is 1.88. The average molecular weight is 325 g/mol. The number of benzene rings is 1. The van der Waals surface area contributed by atoms with Gasteiger partial charge in [0.25, 0.3) is 5.91 Å². The van der Waals surface area contributed by atoms with Gasteiger partial charge in [-0.3, -0.25) is 9.89 Å². The smallest absolute Gasteiger partial charge is 0.255 e. The van der Waals surface area contributed by atoms with E-state index in [2.05, 4.69) is 15.5 Å². The molecule has 1 unspecified atom stereocenters. The Bertz CT molecular complexity index is 598. The van der Waals surface area contributed by atoms with E-state index in [1.165, 1.54) is 6.20 Å². The van der Waals surface area contributed by atoms with Gasteiger partial charge in [-0.15, -0.1) is 12.4 Å². The van der Waals surface area contributed by atoms with E-state index in [4.69, 9.17) is 10.5 Å². The maximum atomic E-state index is 12.2. The topological polar surface area (TPSA) is 93.0 Å². The molecular formula is C15H21ClN4O2. The summed E-state index contributed by atoms with van der Waals surface area (Å²) >= 11 is 0. The van der Waals surface area contributed by atoms with Crippen LogP contribution in [0, 0.1) is 5.92 Å². The predicted octanol–water partition coefficient (Wildman–Crippen LogP) is 1.83. The second-order valence-electron chi connectivity index (χ2n) is 4.94. The van der Waals surface area contributed by atoms with Crippen molar-refractivity contribution in [2.75, 3.05) is 20.2 Å². The first-order chi connectivity index (χ1) is 10.2. The summed E-state index contributed by atoms with van der Waals surface area (Å²) in [6.45, 7) is 3.07. The number of hydrogen-bond acceptors (Lipinski definition) is 4. The molecule has 1 atom stereocenters. The Balaban J connectivity index is 0.00000242. The fourth-order valence-electron chi connectivity index (χ4n) is 1.88. The number of aromatic nitrogens is 2. The van der Waals surface area contributed by atoms with Crippen molar-refractivity contribution < 1.29 is 9.53 Å². The number of nitrogens with one attached hydrogen (secondary N) is 2. The third-order valence-electron chi connectivity index (χ3n) is 3.28. The van der Waals surface area contributed by atoms with Crippen LogP contribution < -0.4 is 15.8 Å². The lowest BCUT2D eigenvalue weighted by atomic mass is 10.1. The molecule has 6 nitrogen and oxygen atoms in total. The number of methoxy groups -OCH3 is 1. The lowest BCUT2D eigenvalue weighted by Gasteiger charge is -2.10. The number of halogens is 1. The molecule has 0 bridgehead atoms. The summed E-state index contributed by atoms with van der Waals surface area (Å²) in [7, 11) is 1.61. The summed E-state index contributed by atoms with van der Waals surface area (Å²) in [4.78, 5) is 12.2. The molecule has 7 heteroatoms. The zero-order valence-electron chi connectivity index (χ0n) is 12.6. The van der Waals surface area contributed by atoms with Gasteiger partial charge in [-0.2, -0.15) is 5.10 Å². The Kier molecular flexibility index (Phi) is 6.88. The molecule has 4 N–H and O–H groups in total. The summed E-state index contributed by atoms with van der Waals surface area (Å²) < 4.78 is 5.12. The van der Waals surface area contributed by atoms with Crippen LogP contribution in [-0.2, 0) is 0 Å². The maximum absolute atomic E-state index is 12.2. The fraction of sp³-hybridized carbons (Fsp3) is 0.333. The number of amides is 1. The van der Waals surface area contributed by atoms with E-state index >= 15 is 0 Å². The highest BCUT2D eigenvalue weighted by Gasteiger charge is 2.15. The minimum Gasteiger partial charge on any atom is -0.497 e. The summed E-state index contributed by atoms with van der Waals surface area (Å²) in [5.41, 5.74) is 7.63. The predicted molar refractivity (Wildman–Crippen MR) is 88.4 cm³/mol. The Hall–Kier alpha value is -2.05. The maximum Gasteiger partial charge on any atom is 0.255 e. The monoisotopic (exact) mass is 324 g/mol. The van der Waals surface area contributed by atoms with Crippen LogP contribution in [0.25, 0.3) is 11.3 Å². The number of carbonyl (C=O) groups is 1. The second kappa shape index (κ2) is 8.41. The number of carbonyl (C=O) groups excluding carboxylic acids is 1. The van der Waals surface area contributed by atoms with Gasteiger partial charge in [0.05, 0.1) is 24.6 Å². The SMILES string of the molecule is COc1ccc(-c2[nH]ncc2C(=O)NCC(C)CN)cc1.Cl. The van der Waals surface area contributed by atoms with E-state index < -0.39 is 0 Å². The molecule has 0 saturated carbocycles. The van der Waals surface area contributed by atoms with Crippen molar-refractivity contribution in [2.45, 2.75) is 6.92 Å². The molecule has 2 rings (SSSR count). The van der Waals surface area contributed by atoms with E-state index in [9.17, 15) is 4.79 Å². The van der Waals surface area contributed by atoms with E-state index in [1.807, 2.05) is 31.2 Å². The summed E-state index contributed by atoms with van der Waals surface area (Å²) in [6.07, 6.45) is 1.53. The van der Waals surface area contributed by atoms with Gasteiger partial charge in [0.1, 0.15) is 5.75 Å². The van der Waals surface area contributed by atoms with E-state index in [-0.39, 0.29) is 24.2 Å². The van der Waals surface area contributed by atoms with Crippen molar-refractivity contribution in [1.82, 2.24) is 15.5 Å². The highest BCUT2D eigenvalue weighted by molar-refractivity contribution is 5.99. The van der Waals surface area contributed by atoms with Crippen molar-refractivity contribution in [3.63, 3.8) is 0 Å². The Morgan fingerprint density at radius 1 is 1.41 bits per heavy atom. The number of hydrogen-bond donors (Lipinski definition) is 3. The summed E-state index contributed by atoms with van der Waals surface area (Å²) in [6, 6.07) is 7.44. The number of H-pyrrole nitrogens is 1. The molecule has 0 radical (unpaired) electrons. The van der Waals surface area contributed by atoms with Crippen molar-refractivity contribution in [1.29, 1.82) is 0 Å². The van der Waals surface area contributed by atoms with Crippen LogP contribution >= 0.6 is 12.4 Å². The van der Waals surface area contributed by atoms with Crippen LogP contribution in [0.4, 0.5) is 0 Å². The van der Waals surface area contributed by atoms with Gasteiger partial charge in [0.2, 0.25) is 0 Å². The van der Waals surface area contributed by atoms with Gasteiger partial charge in [-0.25, -0.2) is 0 Å². The van der Waals surface area contributed by atoms with Crippen molar-refractivity contribution in [3.8, 4) is 17.0 Å². The normalized spacial score (nSPS) is 11.4.